The van der Waals surface area contributed by atoms with Gasteiger partial charge in [0, 0.05) is 13.3 Å². The van der Waals surface area contributed by atoms with E-state index < -0.39 is 0 Å². The van der Waals surface area contributed by atoms with Crippen LogP contribution in [0.3, 0.4) is 0 Å². The molecule has 0 unspecified atom stereocenters. The van der Waals surface area contributed by atoms with E-state index in [1.165, 1.54) is 0 Å². The number of methoxy groups -OCH3 is 1. The van der Waals surface area contributed by atoms with Crippen LogP contribution in [-0.4, -0.2) is 56.7 Å². The highest BCUT2D eigenvalue weighted by Gasteiger charge is 2.06. The molecular weight excluding hydrogens is 280 g/mol. The number of hydrogen-bond donors (Lipinski definition) is 1. The van der Waals surface area contributed by atoms with Crippen molar-refractivity contribution in [3.05, 3.63) is 24.0 Å². The van der Waals surface area contributed by atoms with E-state index in [0.717, 1.165) is 0 Å². The SMILES string of the molecule is COCCOCCOCCOc1cccnc1C(N)=S. The lowest BCUT2D eigenvalue weighted by Crippen LogP contribution is -2.16. The first-order valence-electron chi connectivity index (χ1n) is 6.27. The molecule has 1 rings (SSSR count). The summed E-state index contributed by atoms with van der Waals surface area (Å²) in [6.45, 7) is 3.07. The number of ether oxygens (including phenoxy) is 4. The first-order chi connectivity index (χ1) is 9.75. The van der Waals surface area contributed by atoms with E-state index in [-0.39, 0.29) is 4.99 Å². The van der Waals surface area contributed by atoms with E-state index in [9.17, 15) is 0 Å². The third-order valence-corrected chi connectivity index (χ3v) is 2.49. The Morgan fingerprint density at radius 2 is 1.80 bits per heavy atom. The van der Waals surface area contributed by atoms with Crippen molar-refractivity contribution >= 4 is 17.2 Å². The molecule has 0 aliphatic carbocycles. The summed E-state index contributed by atoms with van der Waals surface area (Å²) in [6, 6.07) is 3.54. The number of aromatic nitrogens is 1. The monoisotopic (exact) mass is 300 g/mol. The van der Waals surface area contributed by atoms with Crippen molar-refractivity contribution in [2.24, 2.45) is 5.73 Å². The third kappa shape index (κ3) is 6.76. The molecule has 7 heteroatoms. The zero-order chi connectivity index (χ0) is 14.6. The highest BCUT2D eigenvalue weighted by atomic mass is 32.1. The van der Waals surface area contributed by atoms with Gasteiger partial charge in [0.05, 0.1) is 33.0 Å². The van der Waals surface area contributed by atoms with Gasteiger partial charge < -0.3 is 24.7 Å². The molecule has 0 fully saturated rings. The lowest BCUT2D eigenvalue weighted by molar-refractivity contribution is 0.0179. The smallest absolute Gasteiger partial charge is 0.148 e. The van der Waals surface area contributed by atoms with E-state index in [0.29, 0.717) is 51.1 Å². The van der Waals surface area contributed by atoms with E-state index in [4.69, 9.17) is 36.9 Å². The molecule has 2 N–H and O–H groups in total. The molecule has 0 spiro atoms. The fraction of sp³-hybridized carbons (Fsp3) is 0.538. The molecule has 112 valence electrons. The topological polar surface area (TPSA) is 75.8 Å². The third-order valence-electron chi connectivity index (χ3n) is 2.29. The highest BCUT2D eigenvalue weighted by molar-refractivity contribution is 7.80. The Kier molecular flexibility index (Phi) is 8.81. The molecule has 0 amide bonds. The van der Waals surface area contributed by atoms with Gasteiger partial charge in [-0.1, -0.05) is 12.2 Å². The van der Waals surface area contributed by atoms with Crippen molar-refractivity contribution in [2.75, 3.05) is 46.8 Å². The Balaban J connectivity index is 2.11. The minimum Gasteiger partial charge on any atom is -0.489 e. The van der Waals surface area contributed by atoms with Gasteiger partial charge in [0.2, 0.25) is 0 Å². The van der Waals surface area contributed by atoms with Gasteiger partial charge in [0.25, 0.3) is 0 Å². The second kappa shape index (κ2) is 10.5. The summed E-state index contributed by atoms with van der Waals surface area (Å²) in [5.41, 5.74) is 6.05. The summed E-state index contributed by atoms with van der Waals surface area (Å²) in [6.07, 6.45) is 1.62. The molecule has 1 aromatic rings. The van der Waals surface area contributed by atoms with Crippen molar-refractivity contribution in [2.45, 2.75) is 0 Å². The first kappa shape index (κ1) is 16.8. The quantitative estimate of drug-likeness (QED) is 0.478. The van der Waals surface area contributed by atoms with Crippen LogP contribution in [0.4, 0.5) is 0 Å². The molecule has 0 radical (unpaired) electrons. The maximum absolute atomic E-state index is 5.56. The lowest BCUT2D eigenvalue weighted by atomic mass is 10.3. The summed E-state index contributed by atoms with van der Waals surface area (Å²) in [7, 11) is 1.64. The molecule has 0 atom stereocenters. The van der Waals surface area contributed by atoms with Gasteiger partial charge >= 0.3 is 0 Å². The van der Waals surface area contributed by atoms with Crippen molar-refractivity contribution in [3.8, 4) is 5.75 Å². The minimum atomic E-state index is 0.216. The average molecular weight is 300 g/mol. The van der Waals surface area contributed by atoms with Gasteiger partial charge in [-0.25, -0.2) is 4.98 Å². The first-order valence-corrected chi connectivity index (χ1v) is 6.68. The van der Waals surface area contributed by atoms with Crippen LogP contribution in [-0.2, 0) is 14.2 Å². The molecule has 0 saturated carbocycles. The van der Waals surface area contributed by atoms with Gasteiger partial charge in [-0.3, -0.25) is 0 Å². The predicted octanol–water partition coefficient (Wildman–Crippen LogP) is 0.774. The van der Waals surface area contributed by atoms with E-state index in [2.05, 4.69) is 4.98 Å². The molecule has 1 heterocycles. The van der Waals surface area contributed by atoms with E-state index in [1.807, 2.05) is 0 Å². The number of nitrogens with two attached hydrogens (primary N) is 1. The highest BCUT2D eigenvalue weighted by Crippen LogP contribution is 2.14. The summed E-state index contributed by atoms with van der Waals surface area (Å²) in [5.74, 6) is 0.569. The Labute approximate surface area is 124 Å². The van der Waals surface area contributed by atoms with Gasteiger partial charge in [0.15, 0.2) is 0 Å². The standard InChI is InChI=1S/C13H20N2O4S/c1-16-5-6-17-7-8-18-9-10-19-11-3-2-4-15-12(11)13(14)20/h2-4H,5-10H2,1H3,(H2,14,20). The second-order valence-corrected chi connectivity index (χ2v) is 4.22. The second-order valence-electron chi connectivity index (χ2n) is 3.78. The lowest BCUT2D eigenvalue weighted by Gasteiger charge is -2.10. The van der Waals surface area contributed by atoms with Gasteiger partial charge in [-0.2, -0.15) is 0 Å². The number of thiocarbonyl (C=S) groups is 1. The summed E-state index contributed by atoms with van der Waals surface area (Å²) in [5, 5.41) is 0. The van der Waals surface area contributed by atoms with Crippen LogP contribution in [0.1, 0.15) is 5.69 Å². The number of nitrogens with zero attached hydrogens (tertiary/aromatic N) is 1. The van der Waals surface area contributed by atoms with Crippen LogP contribution >= 0.6 is 12.2 Å². The normalized spacial score (nSPS) is 10.4. The van der Waals surface area contributed by atoms with Crippen LogP contribution in [0, 0.1) is 0 Å². The number of rotatable bonds is 11. The molecule has 0 saturated heterocycles. The maximum atomic E-state index is 5.56. The zero-order valence-corrected chi connectivity index (χ0v) is 12.4. The van der Waals surface area contributed by atoms with Crippen molar-refractivity contribution in [3.63, 3.8) is 0 Å². The summed E-state index contributed by atoms with van der Waals surface area (Å²) in [4.78, 5) is 4.29. The Morgan fingerprint density at radius 3 is 2.45 bits per heavy atom. The Bertz CT molecular complexity index is 404. The van der Waals surface area contributed by atoms with Crippen LogP contribution in [0.25, 0.3) is 0 Å². The van der Waals surface area contributed by atoms with Gasteiger partial charge in [-0.15, -0.1) is 0 Å². The summed E-state index contributed by atoms with van der Waals surface area (Å²) < 4.78 is 21.0. The van der Waals surface area contributed by atoms with Gasteiger partial charge in [0.1, 0.15) is 23.0 Å². The van der Waals surface area contributed by atoms with Crippen molar-refractivity contribution < 1.29 is 18.9 Å². The predicted molar refractivity (Wildman–Crippen MR) is 79.1 cm³/mol. The van der Waals surface area contributed by atoms with Crippen molar-refractivity contribution in [1.82, 2.24) is 4.98 Å². The van der Waals surface area contributed by atoms with Crippen LogP contribution in [0.5, 0.6) is 5.75 Å². The van der Waals surface area contributed by atoms with Crippen LogP contribution < -0.4 is 10.5 Å². The molecule has 0 bridgehead atoms. The van der Waals surface area contributed by atoms with E-state index >= 15 is 0 Å². The number of pyridine rings is 1. The fourth-order valence-electron chi connectivity index (χ4n) is 1.37. The molecular formula is C13H20N2O4S. The van der Waals surface area contributed by atoms with Crippen molar-refractivity contribution in [1.29, 1.82) is 0 Å². The Hall–Kier alpha value is -1.28. The minimum absolute atomic E-state index is 0.216. The molecule has 1 aromatic heterocycles. The number of hydrogen-bond acceptors (Lipinski definition) is 6. The fourth-order valence-corrected chi connectivity index (χ4v) is 1.52. The summed E-state index contributed by atoms with van der Waals surface area (Å²) >= 11 is 4.90. The molecule has 6 nitrogen and oxygen atoms in total. The zero-order valence-electron chi connectivity index (χ0n) is 11.5. The Morgan fingerprint density at radius 1 is 1.15 bits per heavy atom. The molecule has 0 aliphatic rings. The van der Waals surface area contributed by atoms with Gasteiger partial charge in [-0.05, 0) is 12.1 Å². The van der Waals surface area contributed by atoms with E-state index in [1.54, 1.807) is 25.4 Å². The average Bonchev–Trinajstić information content (AvgIpc) is 2.46. The maximum Gasteiger partial charge on any atom is 0.148 e. The van der Waals surface area contributed by atoms with Crippen LogP contribution in [0.15, 0.2) is 18.3 Å². The molecule has 20 heavy (non-hydrogen) atoms. The van der Waals surface area contributed by atoms with Crippen LogP contribution in [0.2, 0.25) is 0 Å². The molecule has 0 aliphatic heterocycles. The largest absolute Gasteiger partial charge is 0.489 e. The molecule has 0 aromatic carbocycles.